The van der Waals surface area contributed by atoms with Gasteiger partial charge in [-0.15, -0.1) is 0 Å². The Morgan fingerprint density at radius 2 is 1.84 bits per heavy atom. The van der Waals surface area contributed by atoms with Gasteiger partial charge in [0.25, 0.3) is 0 Å². The van der Waals surface area contributed by atoms with Crippen molar-refractivity contribution < 1.29 is 18.8 Å². The molecule has 1 aromatic heterocycles. The first-order valence-corrected chi connectivity index (χ1v) is 11.7. The lowest BCUT2D eigenvalue weighted by Crippen LogP contribution is -2.38. The molecule has 2 aromatic carbocycles. The van der Waals surface area contributed by atoms with E-state index in [1.807, 2.05) is 19.1 Å². The minimum atomic E-state index is -0.224. The van der Waals surface area contributed by atoms with Crippen molar-refractivity contribution in [2.24, 2.45) is 0 Å². The zero-order valence-corrected chi connectivity index (χ0v) is 18.7. The molecule has 0 amide bonds. The van der Waals surface area contributed by atoms with Gasteiger partial charge in [0.2, 0.25) is 0 Å². The number of thiazole rings is 1. The van der Waals surface area contributed by atoms with Gasteiger partial charge in [0.05, 0.1) is 26.4 Å². The van der Waals surface area contributed by atoms with E-state index < -0.39 is 0 Å². The van der Waals surface area contributed by atoms with Crippen LogP contribution in [0, 0.1) is 5.82 Å². The van der Waals surface area contributed by atoms with E-state index in [1.54, 1.807) is 23.5 Å². The Labute approximate surface area is 187 Å². The molecule has 1 fully saturated rings. The van der Waals surface area contributed by atoms with Gasteiger partial charge < -0.3 is 9.47 Å². The maximum absolute atomic E-state index is 13.3. The van der Waals surface area contributed by atoms with Gasteiger partial charge in [-0.2, -0.15) is 0 Å². The predicted octanol–water partition coefficient (Wildman–Crippen LogP) is 4.63. The third-order valence-electron chi connectivity index (χ3n) is 5.35. The molecule has 7 heteroatoms. The topological polar surface area (TPSA) is 39.1 Å². The van der Waals surface area contributed by atoms with Crippen LogP contribution in [0.15, 0.2) is 53.9 Å². The average molecular weight is 443 g/mol. The van der Waals surface area contributed by atoms with Crippen LogP contribution in [0.1, 0.15) is 13.3 Å². The van der Waals surface area contributed by atoms with Crippen LogP contribution in [0.4, 0.5) is 15.2 Å². The SMILES string of the molecule is CCOc1ccc(N(CCCN2CCOCC2)c2[nH+]c(-c3ccc(F)cc3)cs2)cc1. The molecule has 0 saturated carbocycles. The first-order valence-electron chi connectivity index (χ1n) is 10.8. The summed E-state index contributed by atoms with van der Waals surface area (Å²) in [7, 11) is 0. The predicted molar refractivity (Wildman–Crippen MR) is 123 cm³/mol. The molecule has 0 atom stereocenters. The summed E-state index contributed by atoms with van der Waals surface area (Å²) in [5.41, 5.74) is 3.09. The normalized spacial score (nSPS) is 14.5. The van der Waals surface area contributed by atoms with Crippen LogP contribution < -0.4 is 14.6 Å². The van der Waals surface area contributed by atoms with E-state index in [1.165, 1.54) is 12.1 Å². The number of ether oxygens (including phenoxy) is 2. The van der Waals surface area contributed by atoms with E-state index in [4.69, 9.17) is 9.47 Å². The molecule has 3 aromatic rings. The first kappa shape index (κ1) is 21.7. The smallest absolute Gasteiger partial charge is 0.339 e. The zero-order chi connectivity index (χ0) is 21.5. The lowest BCUT2D eigenvalue weighted by Gasteiger charge is -2.26. The highest BCUT2D eigenvalue weighted by atomic mass is 32.1. The Bertz CT molecular complexity index is 940. The van der Waals surface area contributed by atoms with E-state index in [-0.39, 0.29) is 5.82 Å². The Morgan fingerprint density at radius 1 is 1.10 bits per heavy atom. The Balaban J connectivity index is 1.51. The van der Waals surface area contributed by atoms with Crippen molar-refractivity contribution in [1.82, 2.24) is 4.90 Å². The lowest BCUT2D eigenvalue weighted by molar-refractivity contribution is -0.343. The second-order valence-corrected chi connectivity index (χ2v) is 8.33. The van der Waals surface area contributed by atoms with Crippen LogP contribution in [0.5, 0.6) is 5.75 Å². The van der Waals surface area contributed by atoms with E-state index in [0.29, 0.717) is 6.61 Å². The van der Waals surface area contributed by atoms with Crippen molar-refractivity contribution >= 4 is 22.2 Å². The van der Waals surface area contributed by atoms with Crippen LogP contribution in [0.3, 0.4) is 0 Å². The van der Waals surface area contributed by atoms with Crippen LogP contribution >= 0.6 is 11.3 Å². The minimum Gasteiger partial charge on any atom is -0.494 e. The number of H-pyrrole nitrogens is 1. The third kappa shape index (κ3) is 5.81. The van der Waals surface area contributed by atoms with Crippen molar-refractivity contribution in [1.29, 1.82) is 0 Å². The van der Waals surface area contributed by atoms with E-state index in [2.05, 4.69) is 32.3 Å². The highest BCUT2D eigenvalue weighted by Gasteiger charge is 2.22. The summed E-state index contributed by atoms with van der Waals surface area (Å²) in [4.78, 5) is 8.31. The molecule has 164 valence electrons. The largest absolute Gasteiger partial charge is 0.494 e. The van der Waals surface area contributed by atoms with Gasteiger partial charge in [-0.1, -0.05) is 11.3 Å². The Hall–Kier alpha value is -2.48. The number of aromatic nitrogens is 1. The van der Waals surface area contributed by atoms with E-state index >= 15 is 0 Å². The van der Waals surface area contributed by atoms with Crippen LogP contribution in [-0.2, 0) is 4.74 Å². The third-order valence-corrected chi connectivity index (χ3v) is 6.25. The standard InChI is InChI=1S/C24H28FN3O2S/c1-2-30-22-10-8-21(9-11-22)28(13-3-12-27-14-16-29-17-15-27)24-26-23(18-31-24)19-4-6-20(25)7-5-19/h4-11,18H,2-3,12-17H2,1H3/p+1. The molecule has 1 N–H and O–H groups in total. The van der Waals surface area contributed by atoms with Crippen LogP contribution in [0.2, 0.25) is 0 Å². The molecule has 1 saturated heterocycles. The number of rotatable bonds is 9. The van der Waals surface area contributed by atoms with E-state index in [9.17, 15) is 4.39 Å². The van der Waals surface area contributed by atoms with Crippen molar-refractivity contribution in [3.8, 4) is 17.0 Å². The molecule has 1 aliphatic heterocycles. The number of hydrogen-bond donors (Lipinski definition) is 0. The second kappa shape index (κ2) is 10.7. The highest BCUT2D eigenvalue weighted by molar-refractivity contribution is 7.13. The molecule has 5 nitrogen and oxygen atoms in total. The molecule has 0 spiro atoms. The Morgan fingerprint density at radius 3 is 2.55 bits per heavy atom. The van der Waals surface area contributed by atoms with Gasteiger partial charge in [0.1, 0.15) is 22.9 Å². The average Bonchev–Trinajstić information content (AvgIpc) is 3.29. The number of hydrogen-bond acceptors (Lipinski definition) is 5. The molecule has 0 unspecified atom stereocenters. The number of anilines is 2. The van der Waals surface area contributed by atoms with Gasteiger partial charge >= 0.3 is 5.13 Å². The maximum Gasteiger partial charge on any atom is 0.339 e. The maximum atomic E-state index is 13.3. The van der Waals surface area contributed by atoms with E-state index in [0.717, 1.165) is 73.6 Å². The molecule has 31 heavy (non-hydrogen) atoms. The summed E-state index contributed by atoms with van der Waals surface area (Å²) in [6, 6.07) is 14.8. The van der Waals surface area contributed by atoms with Gasteiger partial charge in [0, 0.05) is 30.6 Å². The molecular weight excluding hydrogens is 413 g/mol. The molecule has 1 aliphatic rings. The highest BCUT2D eigenvalue weighted by Crippen LogP contribution is 2.30. The number of benzene rings is 2. The van der Waals surface area contributed by atoms with Gasteiger partial charge in [-0.05, 0) is 61.9 Å². The zero-order valence-electron chi connectivity index (χ0n) is 17.9. The van der Waals surface area contributed by atoms with Crippen molar-refractivity contribution in [3.05, 3.63) is 59.7 Å². The van der Waals surface area contributed by atoms with Crippen LogP contribution in [0.25, 0.3) is 11.3 Å². The number of halogens is 1. The number of nitrogens with zero attached hydrogens (tertiary/aromatic N) is 2. The summed E-state index contributed by atoms with van der Waals surface area (Å²) in [6.45, 7) is 8.24. The molecule has 0 radical (unpaired) electrons. The minimum absolute atomic E-state index is 0.224. The fourth-order valence-electron chi connectivity index (χ4n) is 3.70. The molecule has 4 rings (SSSR count). The van der Waals surface area contributed by atoms with Crippen LogP contribution in [-0.4, -0.2) is 50.9 Å². The molecular formula is C24H29FN3O2S+. The first-order chi connectivity index (χ1) is 15.2. The molecule has 0 bridgehead atoms. The lowest BCUT2D eigenvalue weighted by atomic mass is 10.2. The molecule has 0 aliphatic carbocycles. The van der Waals surface area contributed by atoms with Crippen molar-refractivity contribution in [2.45, 2.75) is 13.3 Å². The van der Waals surface area contributed by atoms with Gasteiger partial charge in [-0.25, -0.2) is 14.3 Å². The fraction of sp³-hybridized carbons (Fsp3) is 0.375. The monoisotopic (exact) mass is 442 g/mol. The van der Waals surface area contributed by atoms with Crippen molar-refractivity contribution in [3.63, 3.8) is 0 Å². The Kier molecular flexibility index (Phi) is 7.51. The summed E-state index contributed by atoms with van der Waals surface area (Å²) in [6.07, 6.45) is 1.05. The number of aromatic amines is 1. The fourth-order valence-corrected chi connectivity index (χ4v) is 4.62. The summed E-state index contributed by atoms with van der Waals surface area (Å²) in [5.74, 6) is 0.653. The quantitative estimate of drug-likeness (QED) is 0.485. The van der Waals surface area contributed by atoms with Gasteiger partial charge in [0.15, 0.2) is 0 Å². The summed E-state index contributed by atoms with van der Waals surface area (Å²) < 4.78 is 24.4. The second-order valence-electron chi connectivity index (χ2n) is 7.47. The number of morpholine rings is 1. The van der Waals surface area contributed by atoms with Crippen molar-refractivity contribution in [2.75, 3.05) is 50.9 Å². The number of nitrogens with one attached hydrogen (secondary N) is 1. The molecule has 2 heterocycles. The summed E-state index contributed by atoms with van der Waals surface area (Å²) in [5, 5.41) is 3.15. The van der Waals surface area contributed by atoms with Gasteiger partial charge in [-0.3, -0.25) is 4.90 Å². The summed E-state index contributed by atoms with van der Waals surface area (Å²) >= 11 is 1.66.